The maximum absolute atomic E-state index is 12.7. The lowest BCUT2D eigenvalue weighted by Gasteiger charge is -2.30. The molecule has 1 aliphatic heterocycles. The number of methoxy groups -OCH3 is 2. The normalized spacial score (nSPS) is 14.0. The van der Waals surface area contributed by atoms with Gasteiger partial charge >= 0.3 is 0 Å². The lowest BCUT2D eigenvalue weighted by atomic mass is 10.1. The summed E-state index contributed by atoms with van der Waals surface area (Å²) in [7, 11) is 3.16. The molecule has 1 heterocycles. The van der Waals surface area contributed by atoms with Crippen LogP contribution in [-0.2, 0) is 16.0 Å². The van der Waals surface area contributed by atoms with Crippen molar-refractivity contribution in [3.8, 4) is 11.5 Å². The zero-order chi connectivity index (χ0) is 19.2. The number of nitrogens with one attached hydrogen (secondary N) is 1. The number of nitrogens with zero attached hydrogens (tertiary/aromatic N) is 1. The number of anilines is 2. The summed E-state index contributed by atoms with van der Waals surface area (Å²) in [5.41, 5.74) is 2.65. The molecule has 0 bridgehead atoms. The molecule has 1 aliphatic rings. The van der Waals surface area contributed by atoms with Crippen LogP contribution >= 0.6 is 15.9 Å². The molecule has 6 nitrogen and oxygen atoms in total. The maximum Gasteiger partial charge on any atom is 0.228 e. The predicted octanol–water partition coefficient (Wildman–Crippen LogP) is 3.48. The van der Waals surface area contributed by atoms with Crippen molar-refractivity contribution in [2.75, 3.05) is 50.7 Å². The summed E-state index contributed by atoms with van der Waals surface area (Å²) in [5, 5.41) is 3.04. The molecule has 7 heteroatoms. The predicted molar refractivity (Wildman–Crippen MR) is 109 cm³/mol. The van der Waals surface area contributed by atoms with E-state index in [9.17, 15) is 4.79 Å². The first kappa shape index (κ1) is 19.5. The number of hydrogen-bond donors (Lipinski definition) is 1. The zero-order valence-corrected chi connectivity index (χ0v) is 17.0. The third kappa shape index (κ3) is 4.73. The highest BCUT2D eigenvalue weighted by Crippen LogP contribution is 2.34. The minimum Gasteiger partial charge on any atom is -0.493 e. The van der Waals surface area contributed by atoms with Crippen LogP contribution < -0.4 is 19.7 Å². The molecule has 1 amide bonds. The van der Waals surface area contributed by atoms with Gasteiger partial charge in [-0.25, -0.2) is 0 Å². The van der Waals surface area contributed by atoms with Crippen molar-refractivity contribution in [3.05, 3.63) is 46.4 Å². The second-order valence-electron chi connectivity index (χ2n) is 6.14. The van der Waals surface area contributed by atoms with Crippen molar-refractivity contribution < 1.29 is 19.0 Å². The zero-order valence-electron chi connectivity index (χ0n) is 15.5. The quantitative estimate of drug-likeness (QED) is 0.753. The number of rotatable bonds is 6. The van der Waals surface area contributed by atoms with Gasteiger partial charge in [0.05, 0.1) is 45.2 Å². The van der Waals surface area contributed by atoms with E-state index in [1.807, 2.05) is 36.4 Å². The minimum atomic E-state index is -0.0939. The largest absolute Gasteiger partial charge is 0.493 e. The van der Waals surface area contributed by atoms with Gasteiger partial charge in [-0.15, -0.1) is 0 Å². The minimum absolute atomic E-state index is 0.0939. The van der Waals surface area contributed by atoms with Crippen molar-refractivity contribution in [1.82, 2.24) is 0 Å². The Kier molecular flexibility index (Phi) is 6.58. The van der Waals surface area contributed by atoms with Crippen molar-refractivity contribution in [3.63, 3.8) is 0 Å². The number of carbonyl (C=O) groups is 1. The first-order chi connectivity index (χ1) is 13.1. The van der Waals surface area contributed by atoms with E-state index in [-0.39, 0.29) is 12.3 Å². The van der Waals surface area contributed by atoms with Crippen LogP contribution in [0.4, 0.5) is 11.4 Å². The van der Waals surface area contributed by atoms with Gasteiger partial charge in [0, 0.05) is 17.6 Å². The van der Waals surface area contributed by atoms with Gasteiger partial charge in [-0.2, -0.15) is 0 Å². The lowest BCUT2D eigenvalue weighted by Crippen LogP contribution is -2.36. The van der Waals surface area contributed by atoms with Crippen molar-refractivity contribution in [2.24, 2.45) is 0 Å². The Morgan fingerprint density at radius 3 is 2.52 bits per heavy atom. The van der Waals surface area contributed by atoms with Crippen LogP contribution in [-0.4, -0.2) is 46.4 Å². The van der Waals surface area contributed by atoms with Gasteiger partial charge in [-0.05, 0) is 29.8 Å². The average Bonchev–Trinajstić information content (AvgIpc) is 2.70. The fraction of sp³-hybridized carbons (Fsp3) is 0.350. The second-order valence-corrected chi connectivity index (χ2v) is 6.99. The summed E-state index contributed by atoms with van der Waals surface area (Å²) in [6.07, 6.45) is 0.221. The third-order valence-electron chi connectivity index (χ3n) is 4.43. The van der Waals surface area contributed by atoms with Crippen LogP contribution in [0, 0.1) is 0 Å². The molecule has 0 spiro atoms. The molecule has 0 atom stereocenters. The number of ether oxygens (including phenoxy) is 3. The number of amides is 1. The SMILES string of the molecule is COc1cc(Br)c(CC(=O)Nc2ccccc2N2CCOCC2)cc1OC. The first-order valence-corrected chi connectivity index (χ1v) is 9.53. The molecule has 3 rings (SSSR count). The fourth-order valence-electron chi connectivity index (χ4n) is 3.06. The highest BCUT2D eigenvalue weighted by Gasteiger charge is 2.17. The van der Waals surface area contributed by atoms with E-state index < -0.39 is 0 Å². The molecule has 0 radical (unpaired) electrons. The molecule has 2 aromatic rings. The van der Waals surface area contributed by atoms with E-state index >= 15 is 0 Å². The monoisotopic (exact) mass is 434 g/mol. The summed E-state index contributed by atoms with van der Waals surface area (Å²) < 4.78 is 16.8. The van der Waals surface area contributed by atoms with Gasteiger partial charge in [-0.1, -0.05) is 28.1 Å². The Bertz CT molecular complexity index is 807. The average molecular weight is 435 g/mol. The van der Waals surface area contributed by atoms with E-state index in [4.69, 9.17) is 14.2 Å². The molecule has 0 aliphatic carbocycles. The van der Waals surface area contributed by atoms with E-state index in [1.54, 1.807) is 14.2 Å². The number of halogens is 1. The van der Waals surface area contributed by atoms with Crippen molar-refractivity contribution in [2.45, 2.75) is 6.42 Å². The Labute approximate surface area is 167 Å². The molecule has 144 valence electrons. The van der Waals surface area contributed by atoms with E-state index in [0.29, 0.717) is 24.7 Å². The summed E-state index contributed by atoms with van der Waals surface area (Å²) in [6, 6.07) is 11.5. The van der Waals surface area contributed by atoms with Gasteiger partial charge < -0.3 is 24.4 Å². The van der Waals surface area contributed by atoms with Crippen LogP contribution in [0.25, 0.3) is 0 Å². The smallest absolute Gasteiger partial charge is 0.228 e. The van der Waals surface area contributed by atoms with Crippen LogP contribution in [0.1, 0.15) is 5.56 Å². The molecular weight excluding hydrogens is 412 g/mol. The van der Waals surface area contributed by atoms with Gasteiger partial charge in [0.2, 0.25) is 5.91 Å². The summed E-state index contributed by atoms with van der Waals surface area (Å²) in [4.78, 5) is 14.9. The Balaban J connectivity index is 1.75. The highest BCUT2D eigenvalue weighted by atomic mass is 79.9. The molecule has 0 aromatic heterocycles. The van der Waals surface area contributed by atoms with Crippen molar-refractivity contribution in [1.29, 1.82) is 0 Å². The number of para-hydroxylation sites is 2. The lowest BCUT2D eigenvalue weighted by molar-refractivity contribution is -0.115. The van der Waals surface area contributed by atoms with Crippen LogP contribution in [0.5, 0.6) is 11.5 Å². The second kappa shape index (κ2) is 9.10. The fourth-order valence-corrected chi connectivity index (χ4v) is 3.52. The molecule has 1 fully saturated rings. The molecular formula is C20H23BrN2O4. The highest BCUT2D eigenvalue weighted by molar-refractivity contribution is 9.10. The van der Waals surface area contributed by atoms with Crippen molar-refractivity contribution >= 4 is 33.2 Å². The molecule has 27 heavy (non-hydrogen) atoms. The maximum atomic E-state index is 12.7. The summed E-state index contributed by atoms with van der Waals surface area (Å²) >= 11 is 3.50. The first-order valence-electron chi connectivity index (χ1n) is 8.74. The molecule has 2 aromatic carbocycles. The Morgan fingerprint density at radius 2 is 1.81 bits per heavy atom. The molecule has 0 unspecified atom stereocenters. The van der Waals surface area contributed by atoms with Crippen LogP contribution in [0.3, 0.4) is 0 Å². The molecule has 0 saturated carbocycles. The third-order valence-corrected chi connectivity index (χ3v) is 5.17. The van der Waals surface area contributed by atoms with Crippen LogP contribution in [0.15, 0.2) is 40.9 Å². The number of morpholine rings is 1. The van der Waals surface area contributed by atoms with Crippen LogP contribution in [0.2, 0.25) is 0 Å². The number of benzene rings is 2. The standard InChI is InChI=1S/C20H23BrN2O4/c1-25-18-11-14(15(21)13-19(18)26-2)12-20(24)22-16-5-3-4-6-17(16)23-7-9-27-10-8-23/h3-6,11,13H,7-10,12H2,1-2H3,(H,22,24). The van der Waals surface area contributed by atoms with E-state index in [1.165, 1.54) is 0 Å². The molecule has 1 saturated heterocycles. The number of hydrogen-bond acceptors (Lipinski definition) is 5. The topological polar surface area (TPSA) is 60.0 Å². The summed E-state index contributed by atoms with van der Waals surface area (Å²) in [6.45, 7) is 3.02. The van der Waals surface area contributed by atoms with Gasteiger partial charge in [0.15, 0.2) is 11.5 Å². The Hall–Kier alpha value is -2.25. The van der Waals surface area contributed by atoms with Gasteiger partial charge in [-0.3, -0.25) is 4.79 Å². The van der Waals surface area contributed by atoms with E-state index in [2.05, 4.69) is 26.1 Å². The van der Waals surface area contributed by atoms with E-state index in [0.717, 1.165) is 34.5 Å². The number of carbonyl (C=O) groups excluding carboxylic acids is 1. The molecule has 1 N–H and O–H groups in total. The van der Waals surface area contributed by atoms with Gasteiger partial charge in [0.25, 0.3) is 0 Å². The van der Waals surface area contributed by atoms with Gasteiger partial charge in [0.1, 0.15) is 0 Å². The Morgan fingerprint density at radius 1 is 1.15 bits per heavy atom. The summed E-state index contributed by atoms with van der Waals surface area (Å²) in [5.74, 6) is 1.12.